The minimum Gasteiger partial charge on any atom is -0.447 e. The largest absolute Gasteiger partial charge is 0.447 e. The molecule has 7 heteroatoms. The Kier molecular flexibility index (Phi) is 4.61. The van der Waals surface area contributed by atoms with E-state index in [1.54, 1.807) is 18.2 Å². The van der Waals surface area contributed by atoms with Crippen LogP contribution >= 0.6 is 0 Å². The highest BCUT2D eigenvalue weighted by Crippen LogP contribution is 2.20. The van der Waals surface area contributed by atoms with Gasteiger partial charge in [0, 0.05) is 16.8 Å². The monoisotopic (exact) mass is 339 g/mol. The summed E-state index contributed by atoms with van der Waals surface area (Å²) >= 11 is 0. The molecule has 1 N–H and O–H groups in total. The molecule has 0 aromatic heterocycles. The molecule has 1 heterocycles. The van der Waals surface area contributed by atoms with Crippen LogP contribution in [-0.4, -0.2) is 25.2 Å². The van der Waals surface area contributed by atoms with Crippen LogP contribution in [0.1, 0.15) is 22.0 Å². The number of carbonyl (C=O) groups is 2. The average molecular weight is 339 g/mol. The molecule has 1 unspecified atom stereocenters. The predicted octanol–water partition coefficient (Wildman–Crippen LogP) is 2.78. The van der Waals surface area contributed by atoms with Crippen LogP contribution in [-0.2, 0) is 4.74 Å². The fourth-order valence-electron chi connectivity index (χ4n) is 2.52. The van der Waals surface area contributed by atoms with Gasteiger partial charge in [-0.15, -0.1) is 0 Å². The number of hydrogen-bond donors (Lipinski definition) is 1. The molecule has 0 saturated carbocycles. The van der Waals surface area contributed by atoms with Gasteiger partial charge in [0.1, 0.15) is 18.5 Å². The molecule has 1 aliphatic heterocycles. The summed E-state index contributed by atoms with van der Waals surface area (Å²) in [5.74, 6) is -1.07. The van der Waals surface area contributed by atoms with Crippen LogP contribution in [0.15, 0.2) is 48.5 Å². The van der Waals surface area contributed by atoms with E-state index in [2.05, 4.69) is 5.32 Å². The maximum Gasteiger partial charge on any atom is 0.414 e. The van der Waals surface area contributed by atoms with Gasteiger partial charge in [-0.3, -0.25) is 9.69 Å². The highest BCUT2D eigenvalue weighted by Gasteiger charge is 2.24. The third-order valence-electron chi connectivity index (χ3n) is 3.82. The van der Waals surface area contributed by atoms with E-state index in [1.807, 2.05) is 6.07 Å². The Bertz CT molecular complexity index is 845. The number of amides is 2. The van der Waals surface area contributed by atoms with Crippen molar-refractivity contribution in [2.45, 2.75) is 6.04 Å². The average Bonchev–Trinajstić information content (AvgIpc) is 3.06. The lowest BCUT2D eigenvalue weighted by Crippen LogP contribution is -2.28. The smallest absolute Gasteiger partial charge is 0.414 e. The first-order valence-electron chi connectivity index (χ1n) is 7.59. The first kappa shape index (κ1) is 16.5. The van der Waals surface area contributed by atoms with E-state index in [0.717, 1.165) is 0 Å². The molecule has 0 spiro atoms. The van der Waals surface area contributed by atoms with Crippen LogP contribution in [0, 0.1) is 17.1 Å². The van der Waals surface area contributed by atoms with Crippen molar-refractivity contribution < 1.29 is 18.7 Å². The van der Waals surface area contributed by atoms with Crippen molar-refractivity contribution >= 4 is 17.7 Å². The van der Waals surface area contributed by atoms with Gasteiger partial charge in [0.2, 0.25) is 0 Å². The zero-order valence-electron chi connectivity index (χ0n) is 13.1. The number of halogens is 1. The van der Waals surface area contributed by atoms with Gasteiger partial charge in [-0.25, -0.2) is 9.18 Å². The Morgan fingerprint density at radius 3 is 2.56 bits per heavy atom. The molecule has 1 aliphatic rings. The van der Waals surface area contributed by atoms with Gasteiger partial charge in [0.05, 0.1) is 12.6 Å². The SMILES string of the molecule is N#CC(NC(=O)c1ccc(N2CCOC2=O)cc1)c1ccccc1F. The number of ether oxygens (including phenoxy) is 1. The lowest BCUT2D eigenvalue weighted by molar-refractivity contribution is 0.0944. The summed E-state index contributed by atoms with van der Waals surface area (Å²) in [6, 6.07) is 12.9. The molecule has 2 aromatic rings. The third kappa shape index (κ3) is 3.43. The molecular weight excluding hydrogens is 325 g/mol. The minimum atomic E-state index is -1.10. The molecule has 126 valence electrons. The number of anilines is 1. The Balaban J connectivity index is 1.73. The van der Waals surface area contributed by atoms with Crippen LogP contribution in [0.5, 0.6) is 0 Å². The summed E-state index contributed by atoms with van der Waals surface area (Å²) in [5, 5.41) is 11.7. The highest BCUT2D eigenvalue weighted by molar-refractivity contribution is 5.96. The van der Waals surface area contributed by atoms with Gasteiger partial charge in [-0.05, 0) is 30.3 Å². The summed E-state index contributed by atoms with van der Waals surface area (Å²) in [6.45, 7) is 0.779. The van der Waals surface area contributed by atoms with E-state index >= 15 is 0 Å². The number of nitrogens with one attached hydrogen (secondary N) is 1. The Morgan fingerprint density at radius 2 is 1.96 bits per heavy atom. The zero-order chi connectivity index (χ0) is 17.8. The van der Waals surface area contributed by atoms with Crippen LogP contribution in [0.25, 0.3) is 0 Å². The topological polar surface area (TPSA) is 82.4 Å². The minimum absolute atomic E-state index is 0.106. The van der Waals surface area contributed by atoms with Crippen molar-refractivity contribution in [3.63, 3.8) is 0 Å². The molecule has 0 aliphatic carbocycles. The van der Waals surface area contributed by atoms with Crippen LogP contribution in [0.2, 0.25) is 0 Å². The molecule has 6 nitrogen and oxygen atoms in total. The van der Waals surface area contributed by atoms with E-state index in [-0.39, 0.29) is 5.56 Å². The number of rotatable bonds is 4. The maximum atomic E-state index is 13.8. The van der Waals surface area contributed by atoms with Crippen molar-refractivity contribution in [2.75, 3.05) is 18.1 Å². The Hall–Kier alpha value is -3.40. The number of benzene rings is 2. The normalized spacial score (nSPS) is 14.6. The molecule has 0 radical (unpaired) electrons. The van der Waals surface area contributed by atoms with E-state index in [4.69, 9.17) is 4.74 Å². The molecule has 25 heavy (non-hydrogen) atoms. The Labute approximate surface area is 143 Å². The molecule has 2 aromatic carbocycles. The molecular formula is C18H14FN3O3. The first-order valence-corrected chi connectivity index (χ1v) is 7.59. The van der Waals surface area contributed by atoms with Gasteiger partial charge < -0.3 is 10.1 Å². The van der Waals surface area contributed by atoms with Crippen LogP contribution in [0.4, 0.5) is 14.9 Å². The van der Waals surface area contributed by atoms with Crippen LogP contribution in [0.3, 0.4) is 0 Å². The fraction of sp³-hybridized carbons (Fsp3) is 0.167. The maximum absolute atomic E-state index is 13.8. The van der Waals surface area contributed by atoms with Gasteiger partial charge in [-0.1, -0.05) is 18.2 Å². The third-order valence-corrected chi connectivity index (χ3v) is 3.82. The van der Waals surface area contributed by atoms with E-state index in [0.29, 0.717) is 24.4 Å². The number of nitrogens with zero attached hydrogens (tertiary/aromatic N) is 2. The first-order chi connectivity index (χ1) is 12.1. The summed E-state index contributed by atoms with van der Waals surface area (Å²) < 4.78 is 18.7. The lowest BCUT2D eigenvalue weighted by Gasteiger charge is -2.15. The standard InChI is InChI=1S/C18H14FN3O3/c19-15-4-2-1-3-14(15)16(11-20)21-17(23)12-5-7-13(8-6-12)22-9-10-25-18(22)24/h1-8,16H,9-10H2,(H,21,23). The molecule has 2 amide bonds. The summed E-state index contributed by atoms with van der Waals surface area (Å²) in [7, 11) is 0. The van der Waals surface area contributed by atoms with Crippen molar-refractivity contribution in [3.8, 4) is 6.07 Å². The number of carbonyl (C=O) groups excluding carboxylic acids is 2. The molecule has 1 saturated heterocycles. The summed E-state index contributed by atoms with van der Waals surface area (Å²) in [5.41, 5.74) is 1.02. The van der Waals surface area contributed by atoms with Gasteiger partial charge in [0.25, 0.3) is 5.91 Å². The predicted molar refractivity (Wildman–Crippen MR) is 87.4 cm³/mol. The second-order valence-corrected chi connectivity index (χ2v) is 5.37. The van der Waals surface area contributed by atoms with Crippen molar-refractivity contribution in [1.29, 1.82) is 5.26 Å². The second kappa shape index (κ2) is 7.01. The van der Waals surface area contributed by atoms with Gasteiger partial charge >= 0.3 is 6.09 Å². The molecule has 1 fully saturated rings. The number of nitriles is 1. The quantitative estimate of drug-likeness (QED) is 0.928. The van der Waals surface area contributed by atoms with Crippen LogP contribution < -0.4 is 10.2 Å². The highest BCUT2D eigenvalue weighted by atomic mass is 19.1. The zero-order valence-corrected chi connectivity index (χ0v) is 13.1. The number of cyclic esters (lactones) is 1. The summed E-state index contributed by atoms with van der Waals surface area (Å²) in [4.78, 5) is 25.3. The molecule has 1 atom stereocenters. The molecule has 0 bridgehead atoms. The van der Waals surface area contributed by atoms with Crippen molar-refractivity contribution in [3.05, 3.63) is 65.5 Å². The Morgan fingerprint density at radius 1 is 1.24 bits per heavy atom. The van der Waals surface area contributed by atoms with Crippen molar-refractivity contribution in [1.82, 2.24) is 5.32 Å². The fourth-order valence-corrected chi connectivity index (χ4v) is 2.52. The second-order valence-electron chi connectivity index (χ2n) is 5.37. The summed E-state index contributed by atoms with van der Waals surface area (Å²) in [6.07, 6.45) is -0.429. The lowest BCUT2D eigenvalue weighted by atomic mass is 10.1. The van der Waals surface area contributed by atoms with Gasteiger partial charge in [-0.2, -0.15) is 5.26 Å². The van der Waals surface area contributed by atoms with E-state index < -0.39 is 23.9 Å². The van der Waals surface area contributed by atoms with Gasteiger partial charge in [0.15, 0.2) is 0 Å². The van der Waals surface area contributed by atoms with E-state index in [1.165, 1.54) is 35.2 Å². The van der Waals surface area contributed by atoms with Crippen molar-refractivity contribution in [2.24, 2.45) is 0 Å². The molecule has 3 rings (SSSR count). The number of hydrogen-bond acceptors (Lipinski definition) is 4. The van der Waals surface area contributed by atoms with E-state index in [9.17, 15) is 19.2 Å².